The van der Waals surface area contributed by atoms with Crippen molar-refractivity contribution < 1.29 is 4.74 Å². The van der Waals surface area contributed by atoms with E-state index >= 15 is 0 Å². The molecule has 2 fully saturated rings. The highest BCUT2D eigenvalue weighted by Gasteiger charge is 2.37. The number of hydrogen-bond donors (Lipinski definition) is 1. The SMILES string of the molecule is CN(CC1CCCC(C)(C)C1N)C1CCOCC1. The third kappa shape index (κ3) is 3.25. The van der Waals surface area contributed by atoms with Gasteiger partial charge in [0.1, 0.15) is 0 Å². The highest BCUT2D eigenvalue weighted by molar-refractivity contribution is 4.92. The van der Waals surface area contributed by atoms with Crippen molar-refractivity contribution in [1.82, 2.24) is 4.90 Å². The quantitative estimate of drug-likeness (QED) is 0.839. The molecule has 2 aliphatic rings. The van der Waals surface area contributed by atoms with Crippen molar-refractivity contribution in [3.05, 3.63) is 0 Å². The Morgan fingerprint density at radius 2 is 1.89 bits per heavy atom. The van der Waals surface area contributed by atoms with E-state index in [9.17, 15) is 0 Å². The molecule has 2 unspecified atom stereocenters. The van der Waals surface area contributed by atoms with Gasteiger partial charge in [-0.1, -0.05) is 20.3 Å². The van der Waals surface area contributed by atoms with Crippen LogP contribution in [0.1, 0.15) is 46.0 Å². The summed E-state index contributed by atoms with van der Waals surface area (Å²) in [6, 6.07) is 1.06. The Morgan fingerprint density at radius 3 is 2.56 bits per heavy atom. The van der Waals surface area contributed by atoms with E-state index < -0.39 is 0 Å². The van der Waals surface area contributed by atoms with Crippen molar-refractivity contribution in [3.63, 3.8) is 0 Å². The highest BCUT2D eigenvalue weighted by atomic mass is 16.5. The first-order valence-electron chi connectivity index (χ1n) is 7.54. The van der Waals surface area contributed by atoms with Gasteiger partial charge in [-0.2, -0.15) is 0 Å². The average Bonchev–Trinajstić information content (AvgIpc) is 2.36. The van der Waals surface area contributed by atoms with Crippen molar-refractivity contribution >= 4 is 0 Å². The lowest BCUT2D eigenvalue weighted by molar-refractivity contribution is 0.0273. The first-order valence-corrected chi connectivity index (χ1v) is 7.54. The van der Waals surface area contributed by atoms with E-state index in [1.165, 1.54) is 32.1 Å². The van der Waals surface area contributed by atoms with E-state index in [0.29, 0.717) is 23.4 Å². The van der Waals surface area contributed by atoms with Gasteiger partial charge in [0.15, 0.2) is 0 Å². The van der Waals surface area contributed by atoms with Gasteiger partial charge in [-0.15, -0.1) is 0 Å². The number of nitrogens with two attached hydrogens (primary N) is 1. The summed E-state index contributed by atoms with van der Waals surface area (Å²) in [4.78, 5) is 2.54. The van der Waals surface area contributed by atoms with Crippen LogP contribution < -0.4 is 5.73 Å². The van der Waals surface area contributed by atoms with Crippen LogP contribution in [-0.4, -0.2) is 43.8 Å². The van der Waals surface area contributed by atoms with E-state index in [1.54, 1.807) is 0 Å². The Labute approximate surface area is 112 Å². The Bertz CT molecular complexity index is 261. The first-order chi connectivity index (χ1) is 8.50. The lowest BCUT2D eigenvalue weighted by Crippen LogP contribution is -2.51. The summed E-state index contributed by atoms with van der Waals surface area (Å²) in [6.07, 6.45) is 6.29. The smallest absolute Gasteiger partial charge is 0.0480 e. The highest BCUT2D eigenvalue weighted by Crippen LogP contribution is 2.38. The molecule has 1 aliphatic carbocycles. The van der Waals surface area contributed by atoms with E-state index in [0.717, 1.165) is 19.8 Å². The fourth-order valence-corrected chi connectivity index (χ4v) is 3.65. The minimum Gasteiger partial charge on any atom is -0.381 e. The average molecular weight is 254 g/mol. The zero-order valence-corrected chi connectivity index (χ0v) is 12.3. The topological polar surface area (TPSA) is 38.5 Å². The van der Waals surface area contributed by atoms with E-state index in [1.807, 2.05) is 0 Å². The Morgan fingerprint density at radius 1 is 1.22 bits per heavy atom. The molecule has 0 radical (unpaired) electrons. The Hall–Kier alpha value is -0.120. The molecule has 1 saturated heterocycles. The summed E-state index contributed by atoms with van der Waals surface area (Å²) < 4.78 is 5.44. The van der Waals surface area contributed by atoms with Crippen LogP contribution in [0.5, 0.6) is 0 Å². The lowest BCUT2D eigenvalue weighted by atomic mass is 9.68. The van der Waals surface area contributed by atoms with Crippen LogP contribution in [0.4, 0.5) is 0 Å². The largest absolute Gasteiger partial charge is 0.381 e. The lowest BCUT2D eigenvalue weighted by Gasteiger charge is -2.44. The Kier molecular flexibility index (Phi) is 4.68. The summed E-state index contributed by atoms with van der Waals surface area (Å²) in [5.74, 6) is 0.668. The Balaban J connectivity index is 1.87. The standard InChI is InChI=1S/C15H30N2O/c1-15(2)8-4-5-12(14(15)16)11-17(3)13-6-9-18-10-7-13/h12-14H,4-11,16H2,1-3H3. The molecule has 3 heteroatoms. The van der Waals surface area contributed by atoms with Crippen molar-refractivity contribution in [2.45, 2.75) is 58.0 Å². The molecular weight excluding hydrogens is 224 g/mol. The maximum absolute atomic E-state index is 6.48. The maximum Gasteiger partial charge on any atom is 0.0480 e. The number of ether oxygens (including phenoxy) is 1. The fraction of sp³-hybridized carbons (Fsp3) is 1.00. The van der Waals surface area contributed by atoms with Gasteiger partial charge in [0, 0.05) is 31.8 Å². The normalized spacial score (nSPS) is 33.8. The first kappa shape index (κ1) is 14.3. The fourth-order valence-electron chi connectivity index (χ4n) is 3.65. The molecule has 0 aromatic rings. The zero-order chi connectivity index (χ0) is 13.2. The van der Waals surface area contributed by atoms with Crippen molar-refractivity contribution in [3.8, 4) is 0 Å². The molecule has 0 bridgehead atoms. The van der Waals surface area contributed by atoms with Gasteiger partial charge in [0.05, 0.1) is 0 Å². The molecule has 1 saturated carbocycles. The number of nitrogens with zero attached hydrogens (tertiary/aromatic N) is 1. The summed E-state index contributed by atoms with van der Waals surface area (Å²) in [6.45, 7) is 7.68. The van der Waals surface area contributed by atoms with Gasteiger partial charge < -0.3 is 15.4 Å². The molecule has 106 valence electrons. The van der Waals surface area contributed by atoms with Crippen LogP contribution in [0.3, 0.4) is 0 Å². The maximum atomic E-state index is 6.48. The number of hydrogen-bond acceptors (Lipinski definition) is 3. The van der Waals surface area contributed by atoms with Crippen LogP contribution in [0.25, 0.3) is 0 Å². The minimum absolute atomic E-state index is 0.319. The van der Waals surface area contributed by atoms with E-state index in [2.05, 4.69) is 25.8 Å². The van der Waals surface area contributed by atoms with Gasteiger partial charge in [-0.3, -0.25) is 0 Å². The second-order valence-corrected chi connectivity index (χ2v) is 6.95. The van der Waals surface area contributed by atoms with Crippen LogP contribution in [-0.2, 0) is 4.74 Å². The van der Waals surface area contributed by atoms with E-state index in [-0.39, 0.29) is 0 Å². The van der Waals surface area contributed by atoms with Crippen LogP contribution in [0, 0.1) is 11.3 Å². The predicted octanol–water partition coefficient (Wildman–Crippen LogP) is 2.25. The van der Waals surface area contributed by atoms with Crippen molar-refractivity contribution in [2.75, 3.05) is 26.8 Å². The molecular formula is C15H30N2O. The van der Waals surface area contributed by atoms with Crippen molar-refractivity contribution in [1.29, 1.82) is 0 Å². The molecule has 0 spiro atoms. The molecule has 1 heterocycles. The van der Waals surface area contributed by atoms with Crippen molar-refractivity contribution in [2.24, 2.45) is 17.1 Å². The third-order valence-corrected chi connectivity index (χ3v) is 5.14. The number of rotatable bonds is 3. The second-order valence-electron chi connectivity index (χ2n) is 6.95. The molecule has 18 heavy (non-hydrogen) atoms. The van der Waals surface area contributed by atoms with Gasteiger partial charge in [-0.25, -0.2) is 0 Å². The molecule has 2 rings (SSSR count). The summed E-state index contributed by atoms with van der Waals surface area (Å²) in [7, 11) is 2.27. The van der Waals surface area contributed by atoms with Crippen LogP contribution in [0.15, 0.2) is 0 Å². The van der Waals surface area contributed by atoms with E-state index in [4.69, 9.17) is 10.5 Å². The van der Waals surface area contributed by atoms with Gasteiger partial charge in [0.25, 0.3) is 0 Å². The third-order valence-electron chi connectivity index (χ3n) is 5.14. The predicted molar refractivity (Wildman–Crippen MR) is 75.6 cm³/mol. The molecule has 2 N–H and O–H groups in total. The molecule has 3 nitrogen and oxygen atoms in total. The second kappa shape index (κ2) is 5.89. The van der Waals surface area contributed by atoms with Gasteiger partial charge >= 0.3 is 0 Å². The molecule has 1 aliphatic heterocycles. The summed E-state index contributed by atoms with van der Waals surface area (Å²) in [5.41, 5.74) is 6.80. The monoisotopic (exact) mass is 254 g/mol. The van der Waals surface area contributed by atoms with Crippen LogP contribution >= 0.6 is 0 Å². The van der Waals surface area contributed by atoms with Gasteiger partial charge in [-0.05, 0) is 44.1 Å². The van der Waals surface area contributed by atoms with Crippen LogP contribution in [0.2, 0.25) is 0 Å². The minimum atomic E-state index is 0.319. The molecule has 0 amide bonds. The molecule has 0 aromatic carbocycles. The zero-order valence-electron chi connectivity index (χ0n) is 12.3. The molecule has 0 aromatic heterocycles. The summed E-state index contributed by atoms with van der Waals surface area (Å²) in [5, 5.41) is 0. The molecule has 2 atom stereocenters. The van der Waals surface area contributed by atoms with Gasteiger partial charge in [0.2, 0.25) is 0 Å². The summed E-state index contributed by atoms with van der Waals surface area (Å²) >= 11 is 0.